The van der Waals surface area contributed by atoms with Crippen LogP contribution in [0.5, 0.6) is 0 Å². The van der Waals surface area contributed by atoms with Gasteiger partial charge in [0.05, 0.1) is 0 Å². The topological polar surface area (TPSA) is 0 Å². The zero-order valence-corrected chi connectivity index (χ0v) is 26.0. The van der Waals surface area contributed by atoms with E-state index in [1.165, 1.54) is 52.6 Å². The fourth-order valence-corrected chi connectivity index (χ4v) is 21.7. The van der Waals surface area contributed by atoms with Gasteiger partial charge < -0.3 is 0 Å². The van der Waals surface area contributed by atoms with Gasteiger partial charge in [0.25, 0.3) is 0 Å². The molecule has 2 aliphatic carbocycles. The Labute approximate surface area is 218 Å². The molecule has 35 heavy (non-hydrogen) atoms. The Kier molecular flexibility index (Phi) is 7.30. The molecule has 0 amide bonds. The zero-order valence-electron chi connectivity index (χ0n) is 24.0. The predicted molar refractivity (Wildman–Crippen MR) is 163 cm³/mol. The molecule has 0 radical (unpaired) electrons. The molecule has 0 aliphatic heterocycles. The molecule has 0 N–H and O–H groups in total. The second-order valence-corrected chi connectivity index (χ2v) is 25.0. The van der Waals surface area contributed by atoms with Gasteiger partial charge in [0.2, 0.25) is 0 Å². The van der Waals surface area contributed by atoms with Crippen molar-refractivity contribution in [3.63, 3.8) is 0 Å². The van der Waals surface area contributed by atoms with E-state index in [-0.39, 0.29) is 0 Å². The molecule has 2 aromatic rings. The van der Waals surface area contributed by atoms with Gasteiger partial charge in [-0.15, -0.1) is 0 Å². The first-order chi connectivity index (χ1) is 16.3. The standard InChI is InChI=1S/C33H48Si2/c1-22-14-16-24(3)31-26(18-19-27(22)31)12-11-13-30(33(34(5,6)7)35(8,9)10)29-21-20-28-23(2)15-17-25(4)32(28)29/h14-21,26,29-30,33H,11-13H2,1-10H3. The highest BCUT2D eigenvalue weighted by Gasteiger charge is 2.46. The van der Waals surface area contributed by atoms with E-state index in [1.54, 1.807) is 11.1 Å². The highest BCUT2D eigenvalue weighted by atomic mass is 28.4. The SMILES string of the molecule is Cc1ccc(C)c2c1C=CC2CCCC(C1C=Cc2c(C)ccc(C)c21)C([Si](C)(C)C)[Si](C)(C)C. The van der Waals surface area contributed by atoms with Crippen LogP contribution in [0.3, 0.4) is 0 Å². The van der Waals surface area contributed by atoms with E-state index < -0.39 is 16.1 Å². The lowest BCUT2D eigenvalue weighted by Crippen LogP contribution is -2.49. The summed E-state index contributed by atoms with van der Waals surface area (Å²) in [5.74, 6) is 1.94. The van der Waals surface area contributed by atoms with Crippen LogP contribution >= 0.6 is 0 Å². The molecule has 0 fully saturated rings. The smallest absolute Gasteiger partial charge is 0.0450 e. The highest BCUT2D eigenvalue weighted by Crippen LogP contribution is 2.52. The Hall–Kier alpha value is -1.65. The monoisotopic (exact) mass is 500 g/mol. The van der Waals surface area contributed by atoms with Crippen LogP contribution in [0.2, 0.25) is 44.4 Å². The van der Waals surface area contributed by atoms with Gasteiger partial charge in [-0.25, -0.2) is 0 Å². The van der Waals surface area contributed by atoms with Gasteiger partial charge in [-0.05, 0) is 96.1 Å². The fraction of sp³-hybridized carbons (Fsp3) is 0.515. The van der Waals surface area contributed by atoms with Crippen LogP contribution in [0.1, 0.15) is 75.6 Å². The molecule has 3 unspecified atom stereocenters. The molecule has 2 aromatic carbocycles. The molecule has 0 spiro atoms. The second-order valence-electron chi connectivity index (χ2n) is 13.7. The maximum Gasteiger partial charge on any atom is 0.0450 e. The predicted octanol–water partition coefficient (Wildman–Crippen LogP) is 10.2. The quantitative estimate of drug-likeness (QED) is 0.316. The maximum atomic E-state index is 2.65. The van der Waals surface area contributed by atoms with E-state index >= 15 is 0 Å². The molecule has 188 valence electrons. The Morgan fingerprint density at radius 1 is 0.657 bits per heavy atom. The van der Waals surface area contributed by atoms with Crippen LogP contribution in [0.4, 0.5) is 0 Å². The largest absolute Gasteiger partial charge is 0.0764 e. The van der Waals surface area contributed by atoms with Crippen molar-refractivity contribution in [1.82, 2.24) is 0 Å². The Balaban J connectivity index is 1.65. The summed E-state index contributed by atoms with van der Waals surface area (Å²) in [6.07, 6.45) is 13.9. The molecule has 0 heterocycles. The average molecular weight is 501 g/mol. The summed E-state index contributed by atoms with van der Waals surface area (Å²) >= 11 is 0. The van der Waals surface area contributed by atoms with Gasteiger partial charge >= 0.3 is 0 Å². The third-order valence-corrected chi connectivity index (χ3v) is 18.7. The van der Waals surface area contributed by atoms with Gasteiger partial charge in [0.1, 0.15) is 0 Å². The van der Waals surface area contributed by atoms with E-state index in [4.69, 9.17) is 0 Å². The normalized spacial score (nSPS) is 20.0. The minimum Gasteiger partial charge on any atom is -0.0764 e. The lowest BCUT2D eigenvalue weighted by Gasteiger charge is -2.46. The Bertz CT molecular complexity index is 1140. The molecule has 0 bridgehead atoms. The number of aryl methyl sites for hydroxylation is 4. The van der Waals surface area contributed by atoms with Crippen LogP contribution in [0, 0.1) is 33.6 Å². The minimum absolute atomic E-state index is 0.587. The van der Waals surface area contributed by atoms with Crippen molar-refractivity contribution in [2.24, 2.45) is 5.92 Å². The summed E-state index contributed by atoms with van der Waals surface area (Å²) in [6, 6.07) is 9.31. The third-order valence-electron chi connectivity index (χ3n) is 8.92. The van der Waals surface area contributed by atoms with E-state index in [9.17, 15) is 0 Å². The van der Waals surface area contributed by atoms with Gasteiger partial charge in [0.15, 0.2) is 0 Å². The van der Waals surface area contributed by atoms with Crippen LogP contribution in [0.15, 0.2) is 36.4 Å². The van der Waals surface area contributed by atoms with Crippen LogP contribution in [-0.2, 0) is 0 Å². The summed E-state index contributed by atoms with van der Waals surface area (Å²) in [4.78, 5) is 0. The van der Waals surface area contributed by atoms with Crippen molar-refractivity contribution in [1.29, 1.82) is 0 Å². The number of rotatable bonds is 8. The van der Waals surface area contributed by atoms with Crippen LogP contribution in [-0.4, -0.2) is 16.1 Å². The summed E-state index contributed by atoms with van der Waals surface area (Å²) in [5.41, 5.74) is 12.1. The van der Waals surface area contributed by atoms with E-state index in [0.717, 1.165) is 11.1 Å². The zero-order chi connectivity index (χ0) is 25.7. The summed E-state index contributed by atoms with van der Waals surface area (Å²) in [7, 11) is -2.69. The van der Waals surface area contributed by atoms with Crippen molar-refractivity contribution >= 4 is 28.3 Å². The molecule has 3 atom stereocenters. The van der Waals surface area contributed by atoms with E-state index in [2.05, 4.69) is 116 Å². The molecule has 0 saturated heterocycles. The molecular weight excluding hydrogens is 453 g/mol. The minimum atomic E-state index is -1.35. The van der Waals surface area contributed by atoms with Gasteiger partial charge in [0, 0.05) is 28.0 Å². The average Bonchev–Trinajstić information content (AvgIpc) is 3.37. The number of allylic oxidation sites excluding steroid dienone is 2. The molecule has 0 nitrogen and oxygen atoms in total. The molecule has 0 aromatic heterocycles. The maximum absolute atomic E-state index is 2.65. The number of hydrogen-bond acceptors (Lipinski definition) is 0. The lowest BCUT2D eigenvalue weighted by molar-refractivity contribution is 0.427. The van der Waals surface area contributed by atoms with Crippen LogP contribution in [0.25, 0.3) is 12.2 Å². The summed E-state index contributed by atoms with van der Waals surface area (Å²) in [6.45, 7) is 25.1. The molecule has 2 aliphatic rings. The van der Waals surface area contributed by atoms with Crippen LogP contribution < -0.4 is 0 Å². The van der Waals surface area contributed by atoms with Crippen molar-refractivity contribution in [3.8, 4) is 0 Å². The molecule has 4 rings (SSSR count). The first-order valence-corrected chi connectivity index (χ1v) is 21.0. The lowest BCUT2D eigenvalue weighted by atomic mass is 9.81. The fourth-order valence-electron chi connectivity index (χ4n) is 8.00. The first kappa shape index (κ1) is 26.4. The number of hydrogen-bond donors (Lipinski definition) is 0. The first-order valence-electron chi connectivity index (χ1n) is 13.9. The van der Waals surface area contributed by atoms with Crippen molar-refractivity contribution < 1.29 is 0 Å². The van der Waals surface area contributed by atoms with Gasteiger partial charge in [-0.2, -0.15) is 0 Å². The van der Waals surface area contributed by atoms with Gasteiger partial charge in [-0.1, -0.05) is 94.3 Å². The highest BCUT2D eigenvalue weighted by molar-refractivity contribution is 6.96. The summed E-state index contributed by atoms with van der Waals surface area (Å²) in [5, 5.41) is 0.908. The van der Waals surface area contributed by atoms with Crippen molar-refractivity contribution in [2.75, 3.05) is 0 Å². The Morgan fingerprint density at radius 2 is 1.14 bits per heavy atom. The second kappa shape index (κ2) is 9.67. The Morgan fingerprint density at radius 3 is 1.71 bits per heavy atom. The number of fused-ring (bicyclic) bond motifs is 2. The molecule has 0 saturated carbocycles. The van der Waals surface area contributed by atoms with Gasteiger partial charge in [-0.3, -0.25) is 0 Å². The van der Waals surface area contributed by atoms with Crippen molar-refractivity contribution in [3.05, 3.63) is 80.9 Å². The summed E-state index contributed by atoms with van der Waals surface area (Å²) < 4.78 is 0. The number of benzene rings is 2. The molecular formula is C33H48Si2. The molecule has 2 heteroatoms. The van der Waals surface area contributed by atoms with Crippen molar-refractivity contribution in [2.45, 2.75) is 103 Å². The van der Waals surface area contributed by atoms with E-state index in [0.29, 0.717) is 11.8 Å². The van der Waals surface area contributed by atoms with E-state index in [1.807, 2.05) is 0 Å². The third kappa shape index (κ3) is 5.11.